The lowest BCUT2D eigenvalue weighted by Gasteiger charge is -2.39. The molecule has 5 nitrogen and oxygen atoms in total. The normalized spacial score (nSPS) is 24.1. The number of benzene rings is 4. The number of ketones is 2. The van der Waals surface area contributed by atoms with Crippen molar-refractivity contribution in [2.75, 3.05) is 10.2 Å². The molecular formula is C35H28N2O3. The molecule has 1 saturated heterocycles. The van der Waals surface area contributed by atoms with Crippen LogP contribution in [0.25, 0.3) is 5.57 Å². The zero-order valence-corrected chi connectivity index (χ0v) is 22.3. The summed E-state index contributed by atoms with van der Waals surface area (Å²) in [5.41, 5.74) is 5.14. The molecule has 4 atom stereocenters. The van der Waals surface area contributed by atoms with Crippen LogP contribution in [-0.2, 0) is 10.2 Å². The Morgan fingerprint density at radius 1 is 0.775 bits per heavy atom. The third-order valence-corrected chi connectivity index (χ3v) is 8.80. The smallest absolute Gasteiger partial charge is 0.238 e. The lowest BCUT2D eigenvalue weighted by molar-refractivity contribution is -0.121. The van der Waals surface area contributed by atoms with Gasteiger partial charge < -0.3 is 10.2 Å². The molecule has 3 aliphatic heterocycles. The minimum Gasteiger partial charge on any atom is -0.352 e. The summed E-state index contributed by atoms with van der Waals surface area (Å²) in [4.78, 5) is 45.8. The molecule has 3 heterocycles. The van der Waals surface area contributed by atoms with E-state index >= 15 is 0 Å². The number of allylic oxidation sites excluding steroid dienone is 1. The highest BCUT2D eigenvalue weighted by molar-refractivity contribution is 6.18. The number of rotatable bonds is 4. The first-order valence-electron chi connectivity index (χ1n) is 13.6. The van der Waals surface area contributed by atoms with Crippen molar-refractivity contribution in [1.29, 1.82) is 0 Å². The Hall–Kier alpha value is -4.77. The molecule has 196 valence electrons. The van der Waals surface area contributed by atoms with Gasteiger partial charge in [-0.3, -0.25) is 14.4 Å². The van der Waals surface area contributed by atoms with Crippen molar-refractivity contribution in [3.05, 3.63) is 137 Å². The molecule has 5 heteroatoms. The number of carbonyl (C=O) groups is 3. The van der Waals surface area contributed by atoms with Gasteiger partial charge in [0.05, 0.1) is 12.0 Å². The fraction of sp³-hybridized carbons (Fsp3) is 0.171. The summed E-state index contributed by atoms with van der Waals surface area (Å²) >= 11 is 0. The largest absolute Gasteiger partial charge is 0.352 e. The van der Waals surface area contributed by atoms with Gasteiger partial charge in [0.25, 0.3) is 0 Å². The Morgan fingerprint density at radius 3 is 2.10 bits per heavy atom. The van der Waals surface area contributed by atoms with E-state index in [0.29, 0.717) is 16.8 Å². The van der Waals surface area contributed by atoms with Gasteiger partial charge in [-0.05, 0) is 43.2 Å². The van der Waals surface area contributed by atoms with Gasteiger partial charge in [0.2, 0.25) is 5.91 Å². The molecule has 7 rings (SSSR count). The predicted octanol–water partition coefficient (Wildman–Crippen LogP) is 6.24. The Balaban J connectivity index is 1.57. The molecule has 0 radical (unpaired) electrons. The summed E-state index contributed by atoms with van der Waals surface area (Å²) < 4.78 is 0. The number of amides is 1. The summed E-state index contributed by atoms with van der Waals surface area (Å²) in [6.07, 6.45) is 2.09. The fourth-order valence-corrected chi connectivity index (χ4v) is 7.10. The Bertz CT molecular complexity index is 1730. The summed E-state index contributed by atoms with van der Waals surface area (Å²) in [5.74, 6) is -1.60. The van der Waals surface area contributed by atoms with E-state index in [-0.39, 0.29) is 17.5 Å². The predicted molar refractivity (Wildman–Crippen MR) is 157 cm³/mol. The number of aryl methyl sites for hydroxylation is 1. The van der Waals surface area contributed by atoms with Crippen molar-refractivity contribution < 1.29 is 14.4 Å². The third-order valence-electron chi connectivity index (χ3n) is 8.80. The minimum atomic E-state index is -1.30. The van der Waals surface area contributed by atoms with Gasteiger partial charge in [-0.1, -0.05) is 96.6 Å². The molecule has 0 unspecified atom stereocenters. The molecule has 1 N–H and O–H groups in total. The molecule has 1 fully saturated rings. The monoisotopic (exact) mass is 524 g/mol. The maximum Gasteiger partial charge on any atom is 0.238 e. The number of hydrogen-bond donors (Lipinski definition) is 1. The maximum atomic E-state index is 14.7. The number of fused-ring (bicyclic) bond motifs is 6. The van der Waals surface area contributed by atoms with Crippen molar-refractivity contribution in [3.8, 4) is 0 Å². The van der Waals surface area contributed by atoms with E-state index < -0.39 is 23.4 Å². The Labute approximate surface area is 233 Å². The van der Waals surface area contributed by atoms with Crippen molar-refractivity contribution in [3.63, 3.8) is 0 Å². The van der Waals surface area contributed by atoms with Crippen LogP contribution >= 0.6 is 0 Å². The Morgan fingerprint density at radius 2 is 1.40 bits per heavy atom. The molecule has 4 aromatic carbocycles. The Kier molecular flexibility index (Phi) is 5.39. The standard InChI is InChI=1S/C35H28N2O3/c1-21-17-18-28-25(19-21)22(2)20-29-35(26-15-9-10-16-27(26)36-34(35)40)30(32(38)23-11-5-3-6-12-23)31(37(28)29)33(39)24-13-7-4-8-14-24/h3-20,29-31H,1-2H3,(H,36,40)/t29-,30-,31-,35-/m0/s1. The zero-order valence-electron chi connectivity index (χ0n) is 22.3. The minimum absolute atomic E-state index is 0.173. The second-order valence-electron chi connectivity index (χ2n) is 11.0. The van der Waals surface area contributed by atoms with Crippen LogP contribution in [-0.4, -0.2) is 29.6 Å². The van der Waals surface area contributed by atoms with Crippen LogP contribution in [0.5, 0.6) is 0 Å². The first kappa shape index (κ1) is 24.3. The number of para-hydroxylation sites is 1. The van der Waals surface area contributed by atoms with Gasteiger partial charge in [-0.15, -0.1) is 0 Å². The van der Waals surface area contributed by atoms with Gasteiger partial charge in [-0.2, -0.15) is 0 Å². The molecule has 3 aliphatic rings. The molecule has 1 amide bonds. The van der Waals surface area contributed by atoms with E-state index in [0.717, 1.165) is 28.0 Å². The summed E-state index contributed by atoms with van der Waals surface area (Å²) in [6, 6.07) is 30.5. The van der Waals surface area contributed by atoms with Crippen molar-refractivity contribution in [1.82, 2.24) is 0 Å². The van der Waals surface area contributed by atoms with E-state index in [1.165, 1.54) is 0 Å². The van der Waals surface area contributed by atoms with E-state index in [2.05, 4.69) is 22.4 Å². The maximum absolute atomic E-state index is 14.7. The van der Waals surface area contributed by atoms with E-state index in [1.807, 2.05) is 86.6 Å². The van der Waals surface area contributed by atoms with Crippen LogP contribution in [0.4, 0.5) is 11.4 Å². The highest BCUT2D eigenvalue weighted by atomic mass is 16.2. The van der Waals surface area contributed by atoms with Gasteiger partial charge in [0.15, 0.2) is 11.6 Å². The zero-order chi connectivity index (χ0) is 27.6. The lowest BCUT2D eigenvalue weighted by Crippen LogP contribution is -2.51. The third kappa shape index (κ3) is 3.24. The quantitative estimate of drug-likeness (QED) is 0.321. The van der Waals surface area contributed by atoms with Crippen molar-refractivity contribution >= 4 is 34.4 Å². The second-order valence-corrected chi connectivity index (χ2v) is 11.0. The molecule has 0 bridgehead atoms. The molecule has 0 aromatic heterocycles. The molecule has 1 spiro atoms. The van der Waals surface area contributed by atoms with E-state index in [9.17, 15) is 14.4 Å². The molecule has 0 saturated carbocycles. The van der Waals surface area contributed by atoms with Crippen molar-refractivity contribution in [2.24, 2.45) is 5.92 Å². The van der Waals surface area contributed by atoms with Crippen LogP contribution in [0, 0.1) is 12.8 Å². The van der Waals surface area contributed by atoms with Crippen LogP contribution in [0.15, 0.2) is 109 Å². The molecule has 0 aliphatic carbocycles. The average molecular weight is 525 g/mol. The highest BCUT2D eigenvalue weighted by Gasteiger charge is 2.70. The van der Waals surface area contributed by atoms with Crippen LogP contribution in [0.3, 0.4) is 0 Å². The van der Waals surface area contributed by atoms with Gasteiger partial charge in [-0.25, -0.2) is 0 Å². The first-order chi connectivity index (χ1) is 19.4. The fourth-order valence-electron chi connectivity index (χ4n) is 7.10. The van der Waals surface area contributed by atoms with Crippen LogP contribution in [0.1, 0.15) is 44.3 Å². The van der Waals surface area contributed by atoms with E-state index in [4.69, 9.17) is 0 Å². The molecular weight excluding hydrogens is 496 g/mol. The number of carbonyl (C=O) groups excluding carboxylic acids is 3. The molecule has 40 heavy (non-hydrogen) atoms. The summed E-state index contributed by atoms with van der Waals surface area (Å²) in [5, 5.41) is 3.09. The number of nitrogens with one attached hydrogen (secondary N) is 1. The first-order valence-corrected chi connectivity index (χ1v) is 13.6. The summed E-state index contributed by atoms with van der Waals surface area (Å²) in [6.45, 7) is 4.09. The average Bonchev–Trinajstić information content (AvgIpc) is 3.45. The van der Waals surface area contributed by atoms with Crippen LogP contribution in [0.2, 0.25) is 0 Å². The highest BCUT2D eigenvalue weighted by Crippen LogP contribution is 2.58. The van der Waals surface area contributed by atoms with Crippen LogP contribution < -0.4 is 10.2 Å². The van der Waals surface area contributed by atoms with Crippen molar-refractivity contribution in [2.45, 2.75) is 31.3 Å². The number of anilines is 2. The second kappa shape index (κ2) is 8.88. The molecule has 4 aromatic rings. The van der Waals surface area contributed by atoms with Gasteiger partial charge >= 0.3 is 0 Å². The summed E-state index contributed by atoms with van der Waals surface area (Å²) in [7, 11) is 0. The topological polar surface area (TPSA) is 66.5 Å². The number of hydrogen-bond acceptors (Lipinski definition) is 4. The SMILES string of the molecule is CC1=C[C@@H]2N(c3ccc(C)cc31)[C@H](C(=O)c1ccccc1)[C@@H](C(=O)c1ccccc1)[C@@]21C(=O)Nc2ccccc21. The van der Waals surface area contributed by atoms with Gasteiger partial charge in [0, 0.05) is 28.1 Å². The van der Waals surface area contributed by atoms with E-state index in [1.54, 1.807) is 24.3 Å². The van der Waals surface area contributed by atoms with Gasteiger partial charge in [0.1, 0.15) is 11.5 Å². The lowest BCUT2D eigenvalue weighted by atomic mass is 9.64. The number of nitrogens with zero attached hydrogens (tertiary/aromatic N) is 1. The number of Topliss-reactive ketones (excluding diaryl/α,β-unsaturated/α-hetero) is 2.